The molecule has 5 heteroatoms. The zero-order valence-electron chi connectivity index (χ0n) is 8.24. The van der Waals surface area contributed by atoms with E-state index in [2.05, 4.69) is 10.2 Å². The quantitative estimate of drug-likeness (QED) is 0.641. The Balaban J connectivity index is 2.36. The summed E-state index contributed by atoms with van der Waals surface area (Å²) in [5, 5.41) is 7.02. The molecule has 0 unspecified atom stereocenters. The van der Waals surface area contributed by atoms with E-state index in [1.807, 2.05) is 0 Å². The molecule has 0 bridgehead atoms. The first-order chi connectivity index (χ1) is 6.65. The lowest BCUT2D eigenvalue weighted by molar-refractivity contribution is -0.143. The van der Waals surface area contributed by atoms with E-state index in [1.54, 1.807) is 13.8 Å². The predicted octanol–water partition coefficient (Wildman–Crippen LogP) is 1.60. The van der Waals surface area contributed by atoms with Gasteiger partial charge in [-0.2, -0.15) is 5.11 Å². The number of azo groups is 1. The third-order valence-electron chi connectivity index (χ3n) is 1.89. The smallest absolute Gasteiger partial charge is 0.305 e. The van der Waals surface area contributed by atoms with Crippen molar-refractivity contribution in [3.05, 3.63) is 11.3 Å². The molecule has 0 fully saturated rings. The van der Waals surface area contributed by atoms with Gasteiger partial charge >= 0.3 is 5.97 Å². The molecule has 1 rings (SSSR count). The largest absolute Gasteiger partial charge is 0.465 e. The molecule has 0 radical (unpaired) electrons. The second-order valence-electron chi connectivity index (χ2n) is 2.89. The number of esters is 1. The van der Waals surface area contributed by atoms with E-state index in [1.165, 1.54) is 0 Å². The van der Waals surface area contributed by atoms with E-state index >= 15 is 0 Å². The van der Waals surface area contributed by atoms with Crippen molar-refractivity contribution in [1.82, 2.24) is 0 Å². The molecule has 14 heavy (non-hydrogen) atoms. The molecule has 0 aromatic heterocycles. The van der Waals surface area contributed by atoms with Crippen LogP contribution in [0, 0.1) is 0 Å². The van der Waals surface area contributed by atoms with Crippen LogP contribution in [-0.2, 0) is 14.3 Å². The van der Waals surface area contributed by atoms with E-state index in [0.717, 1.165) is 0 Å². The standard InChI is InChI=1S/C9H12N2O3/c1-3-8(12)14-5-4-7-6(2)10-11-9(7)13/h3-5H2,1-2H3. The van der Waals surface area contributed by atoms with Crippen LogP contribution in [0.3, 0.4) is 0 Å². The summed E-state index contributed by atoms with van der Waals surface area (Å²) in [6, 6.07) is 0. The number of amides is 1. The SMILES string of the molecule is CCC(=O)OCCC1=C(C)N=NC1=O. The van der Waals surface area contributed by atoms with Crippen LogP contribution in [0.4, 0.5) is 0 Å². The lowest BCUT2D eigenvalue weighted by Crippen LogP contribution is -2.07. The molecule has 0 aliphatic carbocycles. The Morgan fingerprint density at radius 1 is 1.43 bits per heavy atom. The molecule has 1 aliphatic heterocycles. The Morgan fingerprint density at radius 3 is 2.64 bits per heavy atom. The highest BCUT2D eigenvalue weighted by Crippen LogP contribution is 2.18. The minimum atomic E-state index is -0.324. The molecule has 0 N–H and O–H groups in total. The molecular weight excluding hydrogens is 184 g/mol. The maximum Gasteiger partial charge on any atom is 0.305 e. The second-order valence-corrected chi connectivity index (χ2v) is 2.89. The molecule has 0 saturated carbocycles. The lowest BCUT2D eigenvalue weighted by atomic mass is 10.1. The predicted molar refractivity (Wildman–Crippen MR) is 48.4 cm³/mol. The van der Waals surface area contributed by atoms with Gasteiger partial charge in [0.25, 0.3) is 5.91 Å². The van der Waals surface area contributed by atoms with E-state index in [9.17, 15) is 9.59 Å². The van der Waals surface area contributed by atoms with Gasteiger partial charge in [-0.3, -0.25) is 9.59 Å². The lowest BCUT2D eigenvalue weighted by Gasteiger charge is -2.02. The number of ether oxygens (including phenoxy) is 1. The van der Waals surface area contributed by atoms with Crippen molar-refractivity contribution < 1.29 is 14.3 Å². The van der Waals surface area contributed by atoms with Gasteiger partial charge in [0.1, 0.15) is 0 Å². The highest BCUT2D eigenvalue weighted by molar-refractivity contribution is 5.96. The van der Waals surface area contributed by atoms with E-state index in [-0.39, 0.29) is 18.5 Å². The number of hydrogen-bond donors (Lipinski definition) is 0. The van der Waals surface area contributed by atoms with Crippen LogP contribution >= 0.6 is 0 Å². The molecule has 0 spiro atoms. The summed E-state index contributed by atoms with van der Waals surface area (Å²) in [4.78, 5) is 21.8. The molecule has 76 valence electrons. The van der Waals surface area contributed by atoms with Gasteiger partial charge in [0.2, 0.25) is 0 Å². The highest BCUT2D eigenvalue weighted by Gasteiger charge is 2.18. The number of carbonyl (C=O) groups excluding carboxylic acids is 2. The van der Waals surface area contributed by atoms with Gasteiger partial charge in [-0.15, -0.1) is 5.11 Å². The molecule has 0 saturated heterocycles. The van der Waals surface area contributed by atoms with Crippen LogP contribution < -0.4 is 0 Å². The fraction of sp³-hybridized carbons (Fsp3) is 0.556. The molecule has 1 aliphatic rings. The van der Waals surface area contributed by atoms with Crippen molar-refractivity contribution in [2.24, 2.45) is 10.2 Å². The van der Waals surface area contributed by atoms with E-state index in [0.29, 0.717) is 24.1 Å². The van der Waals surface area contributed by atoms with Crippen LogP contribution in [0.15, 0.2) is 21.5 Å². The second kappa shape index (κ2) is 4.64. The molecule has 0 atom stereocenters. The summed E-state index contributed by atoms with van der Waals surface area (Å²) in [5.41, 5.74) is 1.15. The van der Waals surface area contributed by atoms with Crippen LogP contribution in [0.1, 0.15) is 26.7 Å². The van der Waals surface area contributed by atoms with Gasteiger partial charge in [-0.1, -0.05) is 6.92 Å². The third kappa shape index (κ3) is 2.48. The molecule has 1 heterocycles. The Bertz CT molecular complexity index is 318. The summed E-state index contributed by atoms with van der Waals surface area (Å²) in [7, 11) is 0. The van der Waals surface area contributed by atoms with Crippen molar-refractivity contribution in [1.29, 1.82) is 0 Å². The average Bonchev–Trinajstić information content (AvgIpc) is 2.48. The number of hydrogen-bond acceptors (Lipinski definition) is 4. The van der Waals surface area contributed by atoms with Crippen molar-refractivity contribution >= 4 is 11.9 Å². The first-order valence-corrected chi connectivity index (χ1v) is 4.46. The Hall–Kier alpha value is -1.52. The highest BCUT2D eigenvalue weighted by atomic mass is 16.5. The van der Waals surface area contributed by atoms with Crippen LogP contribution in [0.5, 0.6) is 0 Å². The van der Waals surface area contributed by atoms with Crippen molar-refractivity contribution in [2.45, 2.75) is 26.7 Å². The van der Waals surface area contributed by atoms with E-state index < -0.39 is 0 Å². The number of allylic oxidation sites excluding steroid dienone is 1. The van der Waals surface area contributed by atoms with Crippen LogP contribution in [0.2, 0.25) is 0 Å². The topological polar surface area (TPSA) is 68.1 Å². The third-order valence-corrected chi connectivity index (χ3v) is 1.89. The minimum absolute atomic E-state index is 0.218. The summed E-state index contributed by atoms with van der Waals surface area (Å²) in [5.74, 6) is -0.586. The Labute approximate surface area is 81.8 Å². The molecule has 5 nitrogen and oxygen atoms in total. The van der Waals surface area contributed by atoms with Gasteiger partial charge in [-0.05, 0) is 6.92 Å². The van der Waals surface area contributed by atoms with Gasteiger partial charge in [-0.25, -0.2) is 0 Å². The number of carbonyl (C=O) groups is 2. The Morgan fingerprint density at radius 2 is 2.14 bits per heavy atom. The summed E-state index contributed by atoms with van der Waals surface area (Å²) < 4.78 is 4.84. The minimum Gasteiger partial charge on any atom is -0.465 e. The fourth-order valence-electron chi connectivity index (χ4n) is 1.05. The molecule has 0 aromatic rings. The fourth-order valence-corrected chi connectivity index (χ4v) is 1.05. The van der Waals surface area contributed by atoms with Gasteiger partial charge in [0.05, 0.1) is 12.3 Å². The van der Waals surface area contributed by atoms with Crippen LogP contribution in [-0.4, -0.2) is 18.5 Å². The maximum absolute atomic E-state index is 11.1. The summed E-state index contributed by atoms with van der Waals surface area (Å²) in [6.45, 7) is 3.65. The van der Waals surface area contributed by atoms with Gasteiger partial charge < -0.3 is 4.74 Å². The van der Waals surface area contributed by atoms with Crippen molar-refractivity contribution in [2.75, 3.05) is 6.61 Å². The first-order valence-electron chi connectivity index (χ1n) is 4.46. The summed E-state index contributed by atoms with van der Waals surface area (Å²) >= 11 is 0. The molecular formula is C9H12N2O3. The summed E-state index contributed by atoms with van der Waals surface area (Å²) in [6.07, 6.45) is 0.740. The zero-order valence-corrected chi connectivity index (χ0v) is 8.24. The molecule has 0 aromatic carbocycles. The van der Waals surface area contributed by atoms with Gasteiger partial charge in [0.15, 0.2) is 0 Å². The van der Waals surface area contributed by atoms with E-state index in [4.69, 9.17) is 4.74 Å². The van der Waals surface area contributed by atoms with Crippen molar-refractivity contribution in [3.8, 4) is 0 Å². The average molecular weight is 196 g/mol. The zero-order chi connectivity index (χ0) is 10.6. The van der Waals surface area contributed by atoms with Gasteiger partial charge in [0, 0.05) is 18.4 Å². The Kier molecular flexibility index (Phi) is 3.50. The maximum atomic E-state index is 11.1. The van der Waals surface area contributed by atoms with Crippen LogP contribution in [0.25, 0.3) is 0 Å². The number of nitrogens with zero attached hydrogens (tertiary/aromatic N) is 2. The van der Waals surface area contributed by atoms with Crippen molar-refractivity contribution in [3.63, 3.8) is 0 Å². The number of rotatable bonds is 4. The first kappa shape index (κ1) is 10.6. The monoisotopic (exact) mass is 196 g/mol. The normalized spacial score (nSPS) is 15.1. The molecule has 1 amide bonds.